The number of hydrogen-bond donors (Lipinski definition) is 0. The molecule has 0 bridgehead atoms. The third-order valence-corrected chi connectivity index (χ3v) is 4.21. The summed E-state index contributed by atoms with van der Waals surface area (Å²) in [7, 11) is 1.95. The minimum absolute atomic E-state index is 0.166. The number of nitrogens with zero attached hydrogens (tertiary/aromatic N) is 4. The second kappa shape index (κ2) is 5.19. The smallest absolute Gasteiger partial charge is 0.159 e. The number of halogens is 1. The Morgan fingerprint density at radius 3 is 2.48 bits per heavy atom. The molecular weight excluding hydrogens is 284 g/mol. The molecule has 1 unspecified atom stereocenters. The number of fused-ring (bicyclic) bond motifs is 1. The summed E-state index contributed by atoms with van der Waals surface area (Å²) in [5.41, 5.74) is 5.40. The number of aromatic nitrogens is 4. The zero-order valence-electron chi connectivity index (χ0n) is 12.8. The number of aryl methyl sites for hydroxylation is 3. The monoisotopic (exact) mass is 302 g/mol. The van der Waals surface area contributed by atoms with Gasteiger partial charge in [0.1, 0.15) is 11.3 Å². The molecule has 0 radical (unpaired) electrons. The molecule has 4 nitrogen and oxygen atoms in total. The van der Waals surface area contributed by atoms with Crippen molar-refractivity contribution >= 4 is 22.8 Å². The van der Waals surface area contributed by atoms with Crippen LogP contribution in [0, 0.1) is 13.8 Å². The highest BCUT2D eigenvalue weighted by Gasteiger charge is 2.21. The maximum atomic E-state index is 6.11. The van der Waals surface area contributed by atoms with Crippen molar-refractivity contribution in [3.8, 4) is 0 Å². The summed E-state index contributed by atoms with van der Waals surface area (Å²) in [5, 5.41) is 4.47. The van der Waals surface area contributed by atoms with Crippen LogP contribution in [0.3, 0.4) is 0 Å². The van der Waals surface area contributed by atoms with Gasteiger partial charge in [0, 0.05) is 7.05 Å². The fraction of sp³-hybridized carbons (Fsp3) is 0.375. The van der Waals surface area contributed by atoms with Crippen molar-refractivity contribution in [3.05, 3.63) is 46.9 Å². The van der Waals surface area contributed by atoms with Crippen molar-refractivity contribution in [2.45, 2.75) is 32.7 Å². The summed E-state index contributed by atoms with van der Waals surface area (Å²) in [5.74, 6) is 1.28. The molecule has 0 saturated carbocycles. The van der Waals surface area contributed by atoms with Gasteiger partial charge in [0.05, 0.1) is 17.6 Å². The van der Waals surface area contributed by atoms with Crippen molar-refractivity contribution in [2.75, 3.05) is 0 Å². The summed E-state index contributed by atoms with van der Waals surface area (Å²) < 4.78 is 4.07. The lowest BCUT2D eigenvalue weighted by molar-refractivity contribution is 0.607. The van der Waals surface area contributed by atoms with E-state index in [0.29, 0.717) is 5.88 Å². The molecule has 3 rings (SSSR count). The van der Waals surface area contributed by atoms with Crippen molar-refractivity contribution in [1.82, 2.24) is 19.3 Å². The summed E-state index contributed by atoms with van der Waals surface area (Å²) in [4.78, 5) is 4.66. The van der Waals surface area contributed by atoms with Gasteiger partial charge >= 0.3 is 0 Å². The van der Waals surface area contributed by atoms with Gasteiger partial charge in [-0.05, 0) is 26.3 Å². The van der Waals surface area contributed by atoms with E-state index in [2.05, 4.69) is 52.8 Å². The predicted octanol–water partition coefficient (Wildman–Crippen LogP) is 3.73. The van der Waals surface area contributed by atoms with Crippen LogP contribution in [-0.2, 0) is 12.9 Å². The average molecular weight is 303 g/mol. The van der Waals surface area contributed by atoms with E-state index in [4.69, 9.17) is 11.6 Å². The van der Waals surface area contributed by atoms with Crippen LogP contribution in [0.5, 0.6) is 0 Å². The lowest BCUT2D eigenvalue weighted by Gasteiger charge is -2.17. The van der Waals surface area contributed by atoms with Crippen LogP contribution in [0.15, 0.2) is 24.3 Å². The van der Waals surface area contributed by atoms with Crippen LogP contribution >= 0.6 is 11.6 Å². The molecule has 21 heavy (non-hydrogen) atoms. The molecule has 0 amide bonds. The molecule has 110 valence electrons. The van der Waals surface area contributed by atoms with Crippen LogP contribution < -0.4 is 0 Å². The first-order valence-electron chi connectivity index (χ1n) is 7.06. The highest BCUT2D eigenvalue weighted by atomic mass is 35.5. The molecule has 0 aliphatic carbocycles. The van der Waals surface area contributed by atoms with E-state index in [9.17, 15) is 0 Å². The largest absolute Gasteiger partial charge is 0.305 e. The van der Waals surface area contributed by atoms with E-state index in [1.807, 2.05) is 18.7 Å². The molecule has 0 aliphatic heterocycles. The topological polar surface area (TPSA) is 35.6 Å². The molecule has 0 spiro atoms. The Morgan fingerprint density at radius 1 is 1.19 bits per heavy atom. The number of alkyl halides is 1. The summed E-state index contributed by atoms with van der Waals surface area (Å²) in [6, 6.07) is 8.75. The van der Waals surface area contributed by atoms with Gasteiger partial charge in [-0.2, -0.15) is 5.10 Å². The zero-order valence-corrected chi connectivity index (χ0v) is 13.5. The van der Waals surface area contributed by atoms with Crippen molar-refractivity contribution < 1.29 is 0 Å². The van der Waals surface area contributed by atoms with Crippen molar-refractivity contribution in [3.63, 3.8) is 0 Å². The molecule has 3 aromatic rings. The Balaban J connectivity index is 2.20. The lowest BCUT2D eigenvalue weighted by atomic mass is 10.1. The predicted molar refractivity (Wildman–Crippen MR) is 85.8 cm³/mol. The maximum Gasteiger partial charge on any atom is 0.159 e. The van der Waals surface area contributed by atoms with Crippen LogP contribution in [0.25, 0.3) is 11.2 Å². The minimum Gasteiger partial charge on any atom is -0.305 e. The Morgan fingerprint density at radius 2 is 1.86 bits per heavy atom. The normalized spacial score (nSPS) is 13.0. The van der Waals surface area contributed by atoms with Crippen molar-refractivity contribution in [2.24, 2.45) is 7.05 Å². The number of hydrogen-bond acceptors (Lipinski definition) is 2. The molecule has 0 aliphatic rings. The second-order valence-corrected chi connectivity index (χ2v) is 5.77. The van der Waals surface area contributed by atoms with Gasteiger partial charge in [-0.1, -0.05) is 29.8 Å². The fourth-order valence-corrected chi connectivity index (χ4v) is 3.02. The maximum absolute atomic E-state index is 6.11. The molecule has 2 aromatic heterocycles. The molecule has 0 saturated heterocycles. The SMILES string of the molecule is Cc1ccc(C(C)n2c(CCl)nc3c(C)nn(C)c32)cc1. The Kier molecular flexibility index (Phi) is 3.49. The number of imidazole rings is 1. The fourth-order valence-electron chi connectivity index (χ4n) is 2.84. The molecule has 0 N–H and O–H groups in total. The van der Waals surface area contributed by atoms with Gasteiger partial charge in [-0.15, -0.1) is 11.6 Å². The standard InChI is InChI=1S/C16H19ClN4/c1-10-5-7-13(8-6-10)12(3)21-14(9-17)18-15-11(2)19-20(4)16(15)21/h5-8,12H,9H2,1-4H3. The highest BCUT2D eigenvalue weighted by Crippen LogP contribution is 2.28. The first kappa shape index (κ1) is 14.1. The number of benzene rings is 1. The third kappa shape index (κ3) is 2.23. The van der Waals surface area contributed by atoms with E-state index >= 15 is 0 Å². The Bertz CT molecular complexity index is 783. The quantitative estimate of drug-likeness (QED) is 0.691. The zero-order chi connectivity index (χ0) is 15.1. The molecule has 2 heterocycles. The third-order valence-electron chi connectivity index (χ3n) is 3.97. The van der Waals surface area contributed by atoms with Crippen LogP contribution in [0.2, 0.25) is 0 Å². The van der Waals surface area contributed by atoms with E-state index in [-0.39, 0.29) is 6.04 Å². The van der Waals surface area contributed by atoms with E-state index < -0.39 is 0 Å². The average Bonchev–Trinajstić information content (AvgIpc) is 2.98. The summed E-state index contributed by atoms with van der Waals surface area (Å²) in [6.07, 6.45) is 0. The Hall–Kier alpha value is -1.81. The van der Waals surface area contributed by atoms with Crippen LogP contribution in [0.1, 0.15) is 35.6 Å². The van der Waals surface area contributed by atoms with Gasteiger partial charge in [0.2, 0.25) is 0 Å². The van der Waals surface area contributed by atoms with Gasteiger partial charge < -0.3 is 4.57 Å². The first-order chi connectivity index (χ1) is 10.0. The van der Waals surface area contributed by atoms with Gasteiger partial charge in [0.25, 0.3) is 0 Å². The Labute approximate surface area is 129 Å². The molecule has 1 aromatic carbocycles. The second-order valence-electron chi connectivity index (χ2n) is 5.50. The van der Waals surface area contributed by atoms with Gasteiger partial charge in [0.15, 0.2) is 5.65 Å². The summed E-state index contributed by atoms with van der Waals surface area (Å²) >= 11 is 6.11. The van der Waals surface area contributed by atoms with Gasteiger partial charge in [-0.3, -0.25) is 4.68 Å². The number of rotatable bonds is 3. The van der Waals surface area contributed by atoms with E-state index in [0.717, 1.165) is 22.7 Å². The summed E-state index contributed by atoms with van der Waals surface area (Å²) in [6.45, 7) is 6.25. The lowest BCUT2D eigenvalue weighted by Crippen LogP contribution is -2.12. The molecule has 5 heteroatoms. The minimum atomic E-state index is 0.166. The van der Waals surface area contributed by atoms with Gasteiger partial charge in [-0.25, -0.2) is 4.98 Å². The van der Waals surface area contributed by atoms with Crippen LogP contribution in [-0.4, -0.2) is 19.3 Å². The molecule has 1 atom stereocenters. The van der Waals surface area contributed by atoms with Crippen molar-refractivity contribution in [1.29, 1.82) is 0 Å². The van der Waals surface area contributed by atoms with E-state index in [1.165, 1.54) is 11.1 Å². The molecule has 0 fully saturated rings. The first-order valence-corrected chi connectivity index (χ1v) is 7.59. The van der Waals surface area contributed by atoms with E-state index in [1.54, 1.807) is 0 Å². The molecular formula is C16H19ClN4. The highest BCUT2D eigenvalue weighted by molar-refractivity contribution is 6.16. The van der Waals surface area contributed by atoms with Crippen LogP contribution in [0.4, 0.5) is 0 Å².